The highest BCUT2D eigenvalue weighted by molar-refractivity contribution is 5.81. The Hall–Kier alpha value is -4.07. The lowest BCUT2D eigenvalue weighted by Gasteiger charge is -2.12. The molecule has 1 N–H and O–H groups in total. The summed E-state index contributed by atoms with van der Waals surface area (Å²) in [7, 11) is 3.21. The molecule has 8 nitrogen and oxygen atoms in total. The zero-order chi connectivity index (χ0) is 21.3. The van der Waals surface area contributed by atoms with Gasteiger partial charge in [-0.25, -0.2) is 0 Å². The van der Waals surface area contributed by atoms with E-state index in [1.807, 2.05) is 42.5 Å². The molecule has 0 aliphatic heterocycles. The second kappa shape index (κ2) is 9.92. The first-order chi connectivity index (χ1) is 14.6. The maximum atomic E-state index is 10.7. The Balaban J connectivity index is 1.67. The molecule has 0 heterocycles. The van der Waals surface area contributed by atoms with Gasteiger partial charge in [-0.1, -0.05) is 6.07 Å². The summed E-state index contributed by atoms with van der Waals surface area (Å²) in [5.74, 6) is 2.12. The summed E-state index contributed by atoms with van der Waals surface area (Å²) < 4.78 is 16.5. The van der Waals surface area contributed by atoms with Crippen molar-refractivity contribution in [2.75, 3.05) is 19.6 Å². The molecule has 154 valence electrons. The minimum absolute atomic E-state index is 0.0281. The van der Waals surface area contributed by atoms with Crippen LogP contribution in [0.1, 0.15) is 11.1 Å². The molecule has 0 atom stereocenters. The lowest BCUT2D eigenvalue weighted by molar-refractivity contribution is -0.384. The molecule has 0 aliphatic carbocycles. The van der Waals surface area contributed by atoms with Gasteiger partial charge in [-0.05, 0) is 48.0 Å². The van der Waals surface area contributed by atoms with Crippen molar-refractivity contribution in [2.45, 2.75) is 6.61 Å². The fourth-order valence-corrected chi connectivity index (χ4v) is 2.68. The van der Waals surface area contributed by atoms with Crippen LogP contribution in [0.25, 0.3) is 0 Å². The SMILES string of the molecule is COc1cccc(OCc2cc(/C=N/Nc3ccc([N+](=O)[O-])cc3)ccc2OC)c1. The van der Waals surface area contributed by atoms with Crippen molar-refractivity contribution in [2.24, 2.45) is 5.10 Å². The van der Waals surface area contributed by atoms with E-state index in [1.165, 1.54) is 12.1 Å². The van der Waals surface area contributed by atoms with Gasteiger partial charge in [0.1, 0.15) is 23.9 Å². The fraction of sp³-hybridized carbons (Fsp3) is 0.136. The predicted octanol–water partition coefficient (Wildman–Crippen LogP) is 4.64. The zero-order valence-corrected chi connectivity index (χ0v) is 16.6. The third-order valence-electron chi connectivity index (χ3n) is 4.23. The van der Waals surface area contributed by atoms with Crippen LogP contribution < -0.4 is 19.6 Å². The van der Waals surface area contributed by atoms with Gasteiger partial charge >= 0.3 is 0 Å². The number of rotatable bonds is 9. The molecule has 30 heavy (non-hydrogen) atoms. The van der Waals surface area contributed by atoms with Crippen molar-refractivity contribution in [3.05, 3.63) is 88.0 Å². The van der Waals surface area contributed by atoms with Gasteiger partial charge in [0.25, 0.3) is 5.69 Å². The van der Waals surface area contributed by atoms with Crippen LogP contribution in [-0.4, -0.2) is 25.4 Å². The molecule has 0 amide bonds. The van der Waals surface area contributed by atoms with Gasteiger partial charge in [0.2, 0.25) is 0 Å². The van der Waals surface area contributed by atoms with Crippen molar-refractivity contribution in [3.63, 3.8) is 0 Å². The normalized spacial score (nSPS) is 10.6. The topological polar surface area (TPSA) is 95.2 Å². The average Bonchev–Trinajstić information content (AvgIpc) is 2.78. The number of nitrogens with zero attached hydrogens (tertiary/aromatic N) is 2. The highest BCUT2D eigenvalue weighted by atomic mass is 16.6. The summed E-state index contributed by atoms with van der Waals surface area (Å²) in [6.07, 6.45) is 1.65. The lowest BCUT2D eigenvalue weighted by atomic mass is 10.1. The standard InChI is InChI=1S/C22H21N3O5/c1-28-20-4-3-5-21(13-20)30-15-17-12-16(6-11-22(17)29-2)14-23-24-18-7-9-19(10-8-18)25(26)27/h3-14,24H,15H2,1-2H3/b23-14+. The molecule has 0 radical (unpaired) electrons. The second-order valence-electron chi connectivity index (χ2n) is 6.21. The molecule has 3 aromatic rings. The number of hydrogen-bond acceptors (Lipinski definition) is 7. The maximum Gasteiger partial charge on any atom is 0.269 e. The Morgan fingerprint density at radius 2 is 1.77 bits per heavy atom. The molecule has 0 aromatic heterocycles. The number of non-ortho nitro benzene ring substituents is 1. The molecule has 0 saturated heterocycles. The minimum Gasteiger partial charge on any atom is -0.497 e. The summed E-state index contributed by atoms with van der Waals surface area (Å²) in [5, 5.41) is 14.9. The first kappa shape index (κ1) is 20.7. The smallest absolute Gasteiger partial charge is 0.269 e. The number of anilines is 1. The molecule has 3 rings (SSSR count). The molecule has 0 saturated carbocycles. The fourth-order valence-electron chi connectivity index (χ4n) is 2.68. The van der Waals surface area contributed by atoms with Gasteiger partial charge in [-0.15, -0.1) is 0 Å². The van der Waals surface area contributed by atoms with Crippen molar-refractivity contribution in [1.82, 2.24) is 0 Å². The molecule has 0 bridgehead atoms. The van der Waals surface area contributed by atoms with Crippen molar-refractivity contribution >= 4 is 17.6 Å². The molecular weight excluding hydrogens is 386 g/mol. The molecule has 3 aromatic carbocycles. The van der Waals surface area contributed by atoms with E-state index in [9.17, 15) is 10.1 Å². The monoisotopic (exact) mass is 407 g/mol. The van der Waals surface area contributed by atoms with E-state index in [-0.39, 0.29) is 5.69 Å². The highest BCUT2D eigenvalue weighted by Crippen LogP contribution is 2.24. The average molecular weight is 407 g/mol. The highest BCUT2D eigenvalue weighted by Gasteiger charge is 2.06. The number of nitrogens with one attached hydrogen (secondary N) is 1. The van der Waals surface area contributed by atoms with Gasteiger partial charge < -0.3 is 14.2 Å². The zero-order valence-electron chi connectivity index (χ0n) is 16.6. The Morgan fingerprint density at radius 1 is 1.00 bits per heavy atom. The van der Waals surface area contributed by atoms with E-state index in [2.05, 4.69) is 10.5 Å². The summed E-state index contributed by atoms with van der Waals surface area (Å²) >= 11 is 0. The summed E-state index contributed by atoms with van der Waals surface area (Å²) in [4.78, 5) is 10.3. The molecule has 0 unspecified atom stereocenters. The van der Waals surface area contributed by atoms with Crippen molar-refractivity contribution < 1.29 is 19.1 Å². The maximum absolute atomic E-state index is 10.7. The van der Waals surface area contributed by atoms with Gasteiger partial charge in [0.05, 0.1) is 31.0 Å². The molecule has 0 spiro atoms. The van der Waals surface area contributed by atoms with Gasteiger partial charge in [0.15, 0.2) is 0 Å². The van der Waals surface area contributed by atoms with Gasteiger partial charge in [0, 0.05) is 23.8 Å². The first-order valence-electron chi connectivity index (χ1n) is 9.06. The lowest BCUT2D eigenvalue weighted by Crippen LogP contribution is -2.00. The van der Waals surface area contributed by atoms with E-state index < -0.39 is 4.92 Å². The van der Waals surface area contributed by atoms with Crippen LogP contribution in [0.5, 0.6) is 17.2 Å². The van der Waals surface area contributed by atoms with Crippen LogP contribution in [0.2, 0.25) is 0 Å². The van der Waals surface area contributed by atoms with E-state index in [1.54, 1.807) is 32.6 Å². The summed E-state index contributed by atoms with van der Waals surface area (Å²) in [6.45, 7) is 0.313. The number of hydrazone groups is 1. The quantitative estimate of drug-likeness (QED) is 0.315. The molecular formula is C22H21N3O5. The van der Waals surface area contributed by atoms with Crippen LogP contribution in [0.15, 0.2) is 71.8 Å². The number of methoxy groups -OCH3 is 2. The third kappa shape index (κ3) is 5.48. The third-order valence-corrected chi connectivity index (χ3v) is 4.23. The Bertz CT molecular complexity index is 1040. The number of benzene rings is 3. The molecule has 0 fully saturated rings. The first-order valence-corrected chi connectivity index (χ1v) is 9.06. The number of nitro groups is 1. The van der Waals surface area contributed by atoms with Crippen LogP contribution in [0.4, 0.5) is 11.4 Å². The van der Waals surface area contributed by atoms with Crippen LogP contribution >= 0.6 is 0 Å². The summed E-state index contributed by atoms with van der Waals surface area (Å²) in [6, 6.07) is 19.0. The number of nitro benzene ring substituents is 1. The Kier molecular flexibility index (Phi) is 6.83. The van der Waals surface area contributed by atoms with Crippen LogP contribution in [0, 0.1) is 10.1 Å². The number of ether oxygens (including phenoxy) is 3. The van der Waals surface area contributed by atoms with Crippen molar-refractivity contribution in [3.8, 4) is 17.2 Å². The van der Waals surface area contributed by atoms with E-state index >= 15 is 0 Å². The Morgan fingerprint density at radius 3 is 2.47 bits per heavy atom. The van der Waals surface area contributed by atoms with E-state index in [0.717, 1.165) is 16.9 Å². The van der Waals surface area contributed by atoms with Crippen LogP contribution in [0.3, 0.4) is 0 Å². The van der Waals surface area contributed by atoms with Crippen molar-refractivity contribution in [1.29, 1.82) is 0 Å². The summed E-state index contributed by atoms with van der Waals surface area (Å²) in [5.41, 5.74) is 5.22. The largest absolute Gasteiger partial charge is 0.497 e. The molecule has 8 heteroatoms. The molecule has 0 aliphatic rings. The van der Waals surface area contributed by atoms with E-state index in [0.29, 0.717) is 23.8 Å². The minimum atomic E-state index is -0.445. The van der Waals surface area contributed by atoms with Crippen LogP contribution in [-0.2, 0) is 6.61 Å². The predicted molar refractivity (Wildman–Crippen MR) is 115 cm³/mol. The Labute approximate surface area is 173 Å². The number of hydrogen-bond donors (Lipinski definition) is 1. The van der Waals surface area contributed by atoms with Gasteiger partial charge in [-0.3, -0.25) is 15.5 Å². The second-order valence-corrected chi connectivity index (χ2v) is 6.21. The van der Waals surface area contributed by atoms with Gasteiger partial charge in [-0.2, -0.15) is 5.10 Å². The van der Waals surface area contributed by atoms with E-state index in [4.69, 9.17) is 14.2 Å².